The van der Waals surface area contributed by atoms with Gasteiger partial charge in [0.25, 0.3) is 0 Å². The summed E-state index contributed by atoms with van der Waals surface area (Å²) in [5.74, 6) is -0.746. The molecule has 2 unspecified atom stereocenters. The highest BCUT2D eigenvalue weighted by Crippen LogP contribution is 2.33. The third-order valence-corrected chi connectivity index (χ3v) is 3.92. The van der Waals surface area contributed by atoms with E-state index in [1.165, 1.54) is 6.39 Å². The average molecular weight is 260 g/mol. The van der Waals surface area contributed by atoms with E-state index < -0.39 is 12.0 Å². The van der Waals surface area contributed by atoms with Gasteiger partial charge in [-0.1, -0.05) is 6.07 Å². The number of fused-ring (bicyclic) bond motifs is 1. The molecule has 2 atom stereocenters. The Hall–Kier alpha value is -1.88. The Labute approximate surface area is 110 Å². The van der Waals surface area contributed by atoms with Gasteiger partial charge in [-0.05, 0) is 44.1 Å². The van der Waals surface area contributed by atoms with Crippen molar-refractivity contribution >= 4 is 17.1 Å². The monoisotopic (exact) mass is 260 g/mol. The second-order valence-electron chi connectivity index (χ2n) is 5.09. The highest BCUT2D eigenvalue weighted by atomic mass is 16.4. The quantitative estimate of drug-likeness (QED) is 0.895. The van der Waals surface area contributed by atoms with Crippen molar-refractivity contribution in [2.45, 2.75) is 24.8 Å². The first kappa shape index (κ1) is 12.2. The van der Waals surface area contributed by atoms with Gasteiger partial charge in [0.15, 0.2) is 12.0 Å². The highest BCUT2D eigenvalue weighted by Gasteiger charge is 2.35. The average Bonchev–Trinajstić information content (AvgIpc) is 2.85. The van der Waals surface area contributed by atoms with Crippen molar-refractivity contribution in [1.29, 1.82) is 0 Å². The highest BCUT2D eigenvalue weighted by molar-refractivity contribution is 5.77. The Morgan fingerprint density at radius 3 is 3.16 bits per heavy atom. The van der Waals surface area contributed by atoms with Gasteiger partial charge in [0.1, 0.15) is 11.6 Å². The van der Waals surface area contributed by atoms with Crippen molar-refractivity contribution in [2.75, 3.05) is 13.6 Å². The van der Waals surface area contributed by atoms with Crippen LogP contribution in [0.15, 0.2) is 29.0 Å². The van der Waals surface area contributed by atoms with Gasteiger partial charge in [0, 0.05) is 5.92 Å². The third kappa shape index (κ3) is 2.10. The number of rotatable bonds is 2. The van der Waals surface area contributed by atoms with Crippen LogP contribution < -0.4 is 0 Å². The molecule has 1 fully saturated rings. The Balaban J connectivity index is 2.00. The van der Waals surface area contributed by atoms with Gasteiger partial charge >= 0.3 is 5.97 Å². The number of aliphatic carboxylic acids is 1. The Kier molecular flexibility index (Phi) is 2.98. The molecule has 1 N–H and O–H groups in total. The van der Waals surface area contributed by atoms with E-state index in [1.807, 2.05) is 30.1 Å². The van der Waals surface area contributed by atoms with Crippen LogP contribution in [0.1, 0.15) is 24.3 Å². The maximum absolute atomic E-state index is 11.5. The van der Waals surface area contributed by atoms with Crippen LogP contribution in [0, 0.1) is 0 Å². The van der Waals surface area contributed by atoms with Crippen LogP contribution in [-0.2, 0) is 4.79 Å². The second-order valence-corrected chi connectivity index (χ2v) is 5.09. The van der Waals surface area contributed by atoms with Gasteiger partial charge in [0.2, 0.25) is 0 Å². The summed E-state index contributed by atoms with van der Waals surface area (Å²) in [7, 11) is 1.87. The lowest BCUT2D eigenvalue weighted by molar-refractivity contribution is -0.144. The van der Waals surface area contributed by atoms with E-state index in [9.17, 15) is 9.90 Å². The van der Waals surface area contributed by atoms with E-state index in [2.05, 4.69) is 4.98 Å². The predicted octanol–water partition coefficient (Wildman–Crippen LogP) is 2.09. The molecule has 1 aliphatic heterocycles. The van der Waals surface area contributed by atoms with E-state index in [4.69, 9.17) is 4.42 Å². The lowest BCUT2D eigenvalue weighted by Crippen LogP contribution is -2.46. The third-order valence-electron chi connectivity index (χ3n) is 3.92. The van der Waals surface area contributed by atoms with Crippen molar-refractivity contribution < 1.29 is 14.3 Å². The van der Waals surface area contributed by atoms with Crippen molar-refractivity contribution in [3.63, 3.8) is 0 Å². The van der Waals surface area contributed by atoms with Crippen molar-refractivity contribution in [2.24, 2.45) is 0 Å². The first-order valence-electron chi connectivity index (χ1n) is 6.43. The number of hydrogen-bond acceptors (Lipinski definition) is 4. The van der Waals surface area contributed by atoms with E-state index >= 15 is 0 Å². The molecule has 0 aliphatic carbocycles. The fraction of sp³-hybridized carbons (Fsp3) is 0.429. The zero-order valence-electron chi connectivity index (χ0n) is 10.7. The largest absolute Gasteiger partial charge is 0.480 e. The summed E-state index contributed by atoms with van der Waals surface area (Å²) in [4.78, 5) is 17.5. The molecular weight excluding hydrogens is 244 g/mol. The number of carboxylic acid groups (broad SMARTS) is 1. The topological polar surface area (TPSA) is 66.6 Å². The molecule has 5 nitrogen and oxygen atoms in total. The van der Waals surface area contributed by atoms with Crippen LogP contribution in [0.2, 0.25) is 0 Å². The minimum Gasteiger partial charge on any atom is -0.480 e. The molecule has 1 aromatic heterocycles. The van der Waals surface area contributed by atoms with Crippen LogP contribution in [0.25, 0.3) is 11.1 Å². The molecule has 1 saturated heterocycles. The van der Waals surface area contributed by atoms with Gasteiger partial charge in [-0.2, -0.15) is 0 Å². The van der Waals surface area contributed by atoms with Crippen LogP contribution in [-0.4, -0.2) is 40.6 Å². The minimum atomic E-state index is -0.757. The maximum atomic E-state index is 11.5. The van der Waals surface area contributed by atoms with Crippen molar-refractivity contribution in [1.82, 2.24) is 9.88 Å². The number of oxazole rings is 1. The molecule has 0 bridgehead atoms. The SMILES string of the molecule is CN1CCCC(c2ccc3ocnc3c2)C1C(=O)O. The smallest absolute Gasteiger partial charge is 0.321 e. The molecule has 2 heterocycles. The van der Waals surface area contributed by atoms with Crippen LogP contribution >= 0.6 is 0 Å². The minimum absolute atomic E-state index is 0.0114. The van der Waals surface area contributed by atoms with E-state index in [0.29, 0.717) is 0 Å². The fourth-order valence-electron chi connectivity index (χ4n) is 2.98. The summed E-state index contributed by atoms with van der Waals surface area (Å²) in [5, 5.41) is 9.44. The fourth-order valence-corrected chi connectivity index (χ4v) is 2.98. The number of benzene rings is 1. The normalized spacial score (nSPS) is 24.7. The molecule has 19 heavy (non-hydrogen) atoms. The van der Waals surface area contributed by atoms with Crippen LogP contribution in [0.4, 0.5) is 0 Å². The van der Waals surface area contributed by atoms with Crippen LogP contribution in [0.5, 0.6) is 0 Å². The van der Waals surface area contributed by atoms with E-state index in [1.54, 1.807) is 0 Å². The molecule has 1 aromatic carbocycles. The molecule has 1 aliphatic rings. The summed E-state index contributed by atoms with van der Waals surface area (Å²) in [6.07, 6.45) is 3.32. The second kappa shape index (κ2) is 4.66. The van der Waals surface area contributed by atoms with Crippen LogP contribution in [0.3, 0.4) is 0 Å². The van der Waals surface area contributed by atoms with Crippen molar-refractivity contribution in [3.05, 3.63) is 30.2 Å². The predicted molar refractivity (Wildman–Crippen MR) is 70.0 cm³/mol. The number of likely N-dealkylation sites (N-methyl/N-ethyl adjacent to an activating group) is 1. The van der Waals surface area contributed by atoms with E-state index in [-0.39, 0.29) is 5.92 Å². The van der Waals surface area contributed by atoms with Crippen molar-refractivity contribution in [3.8, 4) is 0 Å². The number of carbonyl (C=O) groups is 1. The zero-order valence-corrected chi connectivity index (χ0v) is 10.7. The first-order valence-corrected chi connectivity index (χ1v) is 6.43. The number of carboxylic acids is 1. The van der Waals surface area contributed by atoms with E-state index in [0.717, 1.165) is 36.0 Å². The lowest BCUT2D eigenvalue weighted by Gasteiger charge is -2.36. The summed E-state index contributed by atoms with van der Waals surface area (Å²) >= 11 is 0. The molecule has 0 spiro atoms. The molecule has 100 valence electrons. The van der Waals surface area contributed by atoms with Gasteiger partial charge in [-0.3, -0.25) is 9.69 Å². The molecule has 3 rings (SSSR count). The molecule has 2 aromatic rings. The van der Waals surface area contributed by atoms with Gasteiger partial charge in [-0.15, -0.1) is 0 Å². The Bertz CT molecular complexity index is 608. The number of piperidine rings is 1. The molecular formula is C14H16N2O3. The lowest BCUT2D eigenvalue weighted by atomic mass is 9.83. The summed E-state index contributed by atoms with van der Waals surface area (Å²) in [5.41, 5.74) is 2.55. The molecule has 0 saturated carbocycles. The molecule has 0 radical (unpaired) electrons. The number of aromatic nitrogens is 1. The Morgan fingerprint density at radius 2 is 2.37 bits per heavy atom. The number of hydrogen-bond donors (Lipinski definition) is 1. The summed E-state index contributed by atoms with van der Waals surface area (Å²) < 4.78 is 5.22. The maximum Gasteiger partial charge on any atom is 0.321 e. The zero-order chi connectivity index (χ0) is 13.4. The molecule has 0 amide bonds. The number of nitrogens with zero attached hydrogens (tertiary/aromatic N) is 2. The Morgan fingerprint density at radius 1 is 1.53 bits per heavy atom. The summed E-state index contributed by atoms with van der Waals surface area (Å²) in [6.45, 7) is 0.833. The van der Waals surface area contributed by atoms with Gasteiger partial charge in [-0.25, -0.2) is 4.98 Å². The number of likely N-dealkylation sites (tertiary alicyclic amines) is 1. The van der Waals surface area contributed by atoms with Gasteiger partial charge < -0.3 is 9.52 Å². The van der Waals surface area contributed by atoms with Gasteiger partial charge in [0.05, 0.1) is 0 Å². The standard InChI is InChI=1S/C14H16N2O3/c1-16-6-2-3-10(13(16)14(17)18)9-4-5-12-11(7-9)15-8-19-12/h4-5,7-8,10,13H,2-3,6H2,1H3,(H,17,18). The molecule has 5 heteroatoms. The first-order chi connectivity index (χ1) is 9.16. The summed E-state index contributed by atoms with van der Waals surface area (Å²) in [6, 6.07) is 5.30.